The number of rotatable bonds is 4. The average Bonchev–Trinajstić information content (AvgIpc) is 2.39. The Kier molecular flexibility index (Phi) is 4.07. The van der Waals surface area contributed by atoms with Crippen LogP contribution < -0.4 is 10.2 Å². The molecule has 2 rings (SSSR count). The maximum Gasteiger partial charge on any atom is 0.509 e. The first-order chi connectivity index (χ1) is 9.36. The summed E-state index contributed by atoms with van der Waals surface area (Å²) in [5.41, 5.74) is 2.66. The summed E-state index contributed by atoms with van der Waals surface area (Å²) >= 11 is 0. The predicted molar refractivity (Wildman–Crippen MR) is 75.4 cm³/mol. The van der Waals surface area contributed by atoms with Crippen molar-refractivity contribution in [1.29, 1.82) is 0 Å². The van der Waals surface area contributed by atoms with Gasteiger partial charge in [0.1, 0.15) is 12.4 Å². The first-order valence-corrected chi connectivity index (χ1v) is 6.35. The van der Waals surface area contributed by atoms with Crippen molar-refractivity contribution >= 4 is 12.4 Å². The van der Waals surface area contributed by atoms with E-state index in [2.05, 4.69) is 0 Å². The van der Waals surface area contributed by atoms with Gasteiger partial charge in [-0.3, -0.25) is 0 Å². The van der Waals surface area contributed by atoms with Gasteiger partial charge in [0, 0.05) is 0 Å². The molecule has 0 amide bonds. The smallest absolute Gasteiger partial charge is 0.489 e. The molecule has 0 aromatic heterocycles. The Bertz CT molecular complexity index is 591. The van der Waals surface area contributed by atoms with Gasteiger partial charge in [0.05, 0.1) is 0 Å². The van der Waals surface area contributed by atoms with E-state index in [0.717, 1.165) is 28.8 Å². The average molecular weight is 279 g/mol. The van der Waals surface area contributed by atoms with Crippen LogP contribution in [0, 0.1) is 13.8 Å². The number of halogens is 3. The monoisotopic (exact) mass is 279 g/mol. The lowest BCUT2D eigenvalue weighted by molar-refractivity contribution is 0.305. The summed E-state index contributed by atoms with van der Waals surface area (Å²) in [7, 11) is 0. The predicted octanol–water partition coefficient (Wildman–Crippen LogP) is 3.94. The van der Waals surface area contributed by atoms with Crippen LogP contribution in [-0.2, 0) is 6.61 Å². The summed E-state index contributed by atoms with van der Waals surface area (Å²) in [4.78, 5) is 0. The van der Waals surface area contributed by atoms with Crippen molar-refractivity contribution in [3.63, 3.8) is 0 Å². The van der Waals surface area contributed by atoms with Gasteiger partial charge in [0.25, 0.3) is 0 Å². The molecule has 0 saturated heterocycles. The summed E-state index contributed by atoms with van der Waals surface area (Å²) in [5.74, 6) is 0.440. The molecule has 0 bridgehead atoms. The highest BCUT2D eigenvalue weighted by molar-refractivity contribution is 6.73. The highest BCUT2D eigenvalue weighted by Crippen LogP contribution is 2.17. The molecule has 0 heterocycles. The van der Waals surface area contributed by atoms with Crippen molar-refractivity contribution in [3.8, 4) is 5.75 Å². The molecule has 0 atom stereocenters. The molecule has 0 N–H and O–H groups in total. The molecule has 0 aliphatic carbocycles. The van der Waals surface area contributed by atoms with Gasteiger partial charge in [0.15, 0.2) is 0 Å². The standard InChI is InChI=1S/C15H15BF3O/c1-11-3-4-12(2)13(9-11)10-20-15-7-5-14(6-8-15)16(17,18)19/h3-9H,10H2,1-2H3/q-1. The number of hydrogen-bond donors (Lipinski definition) is 0. The van der Waals surface area contributed by atoms with Gasteiger partial charge in [-0.1, -0.05) is 35.9 Å². The van der Waals surface area contributed by atoms with E-state index in [1.54, 1.807) is 0 Å². The molecular weight excluding hydrogens is 264 g/mol. The zero-order chi connectivity index (χ0) is 14.8. The Labute approximate surface area is 116 Å². The SMILES string of the molecule is Cc1ccc(C)c(COc2ccc([B-](F)(F)F)cc2)c1. The first-order valence-electron chi connectivity index (χ1n) is 6.35. The Balaban J connectivity index is 2.06. The summed E-state index contributed by atoms with van der Waals surface area (Å²) < 4.78 is 43.0. The van der Waals surface area contributed by atoms with Crippen LogP contribution in [0.5, 0.6) is 5.75 Å². The largest absolute Gasteiger partial charge is 0.509 e. The summed E-state index contributed by atoms with van der Waals surface area (Å²) in [6.07, 6.45) is 0. The van der Waals surface area contributed by atoms with Crippen molar-refractivity contribution in [1.82, 2.24) is 0 Å². The van der Waals surface area contributed by atoms with E-state index in [9.17, 15) is 12.9 Å². The Morgan fingerprint density at radius 1 is 0.950 bits per heavy atom. The van der Waals surface area contributed by atoms with Gasteiger partial charge in [0.2, 0.25) is 0 Å². The maximum absolute atomic E-state index is 12.5. The highest BCUT2D eigenvalue weighted by Gasteiger charge is 2.24. The Morgan fingerprint density at radius 3 is 2.20 bits per heavy atom. The van der Waals surface area contributed by atoms with Crippen LogP contribution in [-0.4, -0.2) is 6.98 Å². The molecule has 2 aromatic carbocycles. The highest BCUT2D eigenvalue weighted by atomic mass is 19.4. The molecule has 1 nitrogen and oxygen atoms in total. The maximum atomic E-state index is 12.5. The molecule has 0 unspecified atom stereocenters. The first kappa shape index (κ1) is 14.5. The van der Waals surface area contributed by atoms with E-state index in [4.69, 9.17) is 4.74 Å². The lowest BCUT2D eigenvalue weighted by Gasteiger charge is -2.15. The van der Waals surface area contributed by atoms with E-state index in [-0.39, 0.29) is 0 Å². The van der Waals surface area contributed by atoms with Gasteiger partial charge in [-0.15, -0.1) is 5.46 Å². The van der Waals surface area contributed by atoms with Crippen molar-refractivity contribution in [2.24, 2.45) is 0 Å². The minimum absolute atomic E-state index is 0.351. The molecule has 0 fully saturated rings. The fourth-order valence-electron chi connectivity index (χ4n) is 1.90. The van der Waals surface area contributed by atoms with Crippen molar-refractivity contribution in [2.75, 3.05) is 0 Å². The van der Waals surface area contributed by atoms with Crippen LogP contribution in [0.1, 0.15) is 16.7 Å². The van der Waals surface area contributed by atoms with Crippen LogP contribution in [0.3, 0.4) is 0 Å². The molecule has 2 aromatic rings. The summed E-state index contributed by atoms with van der Waals surface area (Å²) in [5, 5.41) is 0. The second kappa shape index (κ2) is 5.61. The summed E-state index contributed by atoms with van der Waals surface area (Å²) in [6.45, 7) is -0.624. The van der Waals surface area contributed by atoms with Crippen molar-refractivity contribution in [2.45, 2.75) is 20.5 Å². The lowest BCUT2D eigenvalue weighted by atomic mass is 9.80. The van der Waals surface area contributed by atoms with Crippen LogP contribution in [0.4, 0.5) is 12.9 Å². The van der Waals surface area contributed by atoms with Gasteiger partial charge >= 0.3 is 6.98 Å². The number of benzene rings is 2. The van der Waals surface area contributed by atoms with Crippen LogP contribution in [0.25, 0.3) is 0 Å². The lowest BCUT2D eigenvalue weighted by Crippen LogP contribution is -2.33. The second-order valence-corrected chi connectivity index (χ2v) is 4.86. The van der Waals surface area contributed by atoms with Crippen molar-refractivity contribution in [3.05, 3.63) is 59.2 Å². The Hall–Kier alpha value is -1.91. The zero-order valence-electron chi connectivity index (χ0n) is 11.4. The molecule has 5 heteroatoms. The van der Waals surface area contributed by atoms with Crippen LogP contribution >= 0.6 is 0 Å². The van der Waals surface area contributed by atoms with E-state index in [1.807, 2.05) is 32.0 Å². The fourth-order valence-corrected chi connectivity index (χ4v) is 1.90. The molecular formula is C15H15BF3O-. The zero-order valence-corrected chi connectivity index (χ0v) is 11.4. The quantitative estimate of drug-likeness (QED) is 0.770. The third kappa shape index (κ3) is 3.56. The molecule has 0 aliphatic heterocycles. The topological polar surface area (TPSA) is 9.23 Å². The number of ether oxygens (including phenoxy) is 1. The normalized spacial score (nSPS) is 11.4. The van der Waals surface area contributed by atoms with Gasteiger partial charge < -0.3 is 17.7 Å². The van der Waals surface area contributed by atoms with Gasteiger partial charge in [-0.2, -0.15) is 0 Å². The second-order valence-electron chi connectivity index (χ2n) is 4.86. The third-order valence-corrected chi connectivity index (χ3v) is 3.16. The van der Waals surface area contributed by atoms with Gasteiger partial charge in [-0.25, -0.2) is 0 Å². The van der Waals surface area contributed by atoms with Crippen LogP contribution in [0.2, 0.25) is 0 Å². The van der Waals surface area contributed by atoms with Crippen LogP contribution in [0.15, 0.2) is 42.5 Å². The number of aryl methyl sites for hydroxylation is 2. The molecule has 0 radical (unpaired) electrons. The molecule has 0 aliphatic rings. The minimum atomic E-state index is -4.94. The van der Waals surface area contributed by atoms with Crippen molar-refractivity contribution < 1.29 is 17.7 Å². The van der Waals surface area contributed by atoms with E-state index < -0.39 is 12.4 Å². The van der Waals surface area contributed by atoms with E-state index in [0.29, 0.717) is 12.4 Å². The molecule has 0 saturated carbocycles. The molecule has 20 heavy (non-hydrogen) atoms. The molecule has 0 spiro atoms. The van der Waals surface area contributed by atoms with Gasteiger partial charge in [-0.05, 0) is 37.1 Å². The Morgan fingerprint density at radius 2 is 1.60 bits per heavy atom. The number of hydrogen-bond acceptors (Lipinski definition) is 1. The van der Waals surface area contributed by atoms with E-state index in [1.165, 1.54) is 12.1 Å². The minimum Gasteiger partial charge on any atom is -0.489 e. The fraction of sp³-hybridized carbons (Fsp3) is 0.200. The van der Waals surface area contributed by atoms with E-state index >= 15 is 0 Å². The summed E-state index contributed by atoms with van der Waals surface area (Å²) in [6, 6.07) is 10.9. The molecule has 106 valence electrons. The third-order valence-electron chi connectivity index (χ3n) is 3.16.